The second-order valence-corrected chi connectivity index (χ2v) is 6.15. The fourth-order valence-corrected chi connectivity index (χ4v) is 2.46. The first-order chi connectivity index (χ1) is 9.97. The molecule has 0 radical (unpaired) electrons. The molecule has 0 atom stereocenters. The molecule has 2 aromatic carbocycles. The van der Waals surface area contributed by atoms with E-state index in [1.54, 1.807) is 24.3 Å². The van der Waals surface area contributed by atoms with Crippen LogP contribution in [0, 0.1) is 3.57 Å². The van der Waals surface area contributed by atoms with Crippen LogP contribution in [0.4, 0.5) is 16.2 Å². The highest BCUT2D eigenvalue weighted by atomic mass is 127. The third-order valence-corrected chi connectivity index (χ3v) is 3.96. The Morgan fingerprint density at radius 1 is 1.05 bits per heavy atom. The molecule has 7 heteroatoms. The molecule has 2 amide bonds. The summed E-state index contributed by atoms with van der Waals surface area (Å²) in [6, 6.07) is 11.4. The van der Waals surface area contributed by atoms with Gasteiger partial charge >= 0.3 is 12.0 Å². The zero-order chi connectivity index (χ0) is 15.4. The quantitative estimate of drug-likeness (QED) is 0.594. The lowest BCUT2D eigenvalue weighted by Crippen LogP contribution is -2.21. The summed E-state index contributed by atoms with van der Waals surface area (Å²) in [5.74, 6) is -1.11. The van der Waals surface area contributed by atoms with Crippen molar-refractivity contribution in [1.82, 2.24) is 0 Å². The van der Waals surface area contributed by atoms with Crippen molar-refractivity contribution in [3.63, 3.8) is 0 Å². The average Bonchev–Trinajstić information content (AvgIpc) is 2.43. The first kappa shape index (κ1) is 15.8. The molecule has 21 heavy (non-hydrogen) atoms. The molecule has 0 unspecified atom stereocenters. The highest BCUT2D eigenvalue weighted by molar-refractivity contribution is 14.1. The van der Waals surface area contributed by atoms with Gasteiger partial charge in [-0.3, -0.25) is 0 Å². The van der Waals surface area contributed by atoms with E-state index in [9.17, 15) is 9.59 Å². The van der Waals surface area contributed by atoms with Crippen molar-refractivity contribution in [1.29, 1.82) is 0 Å². The van der Waals surface area contributed by atoms with E-state index in [1.165, 1.54) is 6.07 Å². The van der Waals surface area contributed by atoms with Crippen LogP contribution in [0.15, 0.2) is 46.9 Å². The van der Waals surface area contributed by atoms with Gasteiger partial charge in [-0.1, -0.05) is 6.07 Å². The smallest absolute Gasteiger partial charge is 0.337 e. The fraction of sp³-hybridized carbons (Fsp3) is 0. The second kappa shape index (κ2) is 6.90. The SMILES string of the molecule is O=C(Nc1ccc(I)cc1)Nc1c(Br)cccc1C(=O)O. The number of para-hydroxylation sites is 1. The topological polar surface area (TPSA) is 78.4 Å². The summed E-state index contributed by atoms with van der Waals surface area (Å²) in [4.78, 5) is 23.1. The van der Waals surface area contributed by atoms with Crippen LogP contribution in [0.3, 0.4) is 0 Å². The molecule has 0 bridgehead atoms. The van der Waals surface area contributed by atoms with E-state index in [2.05, 4.69) is 49.2 Å². The van der Waals surface area contributed by atoms with Gasteiger partial charge in [-0.2, -0.15) is 0 Å². The molecule has 108 valence electrons. The first-order valence-corrected chi connectivity index (χ1v) is 7.70. The minimum absolute atomic E-state index is 0.0159. The lowest BCUT2D eigenvalue weighted by atomic mass is 10.2. The molecular formula is C14H10BrIN2O3. The van der Waals surface area contributed by atoms with E-state index in [-0.39, 0.29) is 11.3 Å². The Labute approximate surface area is 143 Å². The van der Waals surface area contributed by atoms with Crippen molar-refractivity contribution in [2.45, 2.75) is 0 Å². The number of hydrogen-bond acceptors (Lipinski definition) is 2. The molecule has 0 aromatic heterocycles. The molecule has 0 heterocycles. The van der Waals surface area contributed by atoms with Gasteiger partial charge in [0.25, 0.3) is 0 Å². The first-order valence-electron chi connectivity index (χ1n) is 5.83. The van der Waals surface area contributed by atoms with Crippen molar-refractivity contribution in [2.24, 2.45) is 0 Å². The molecule has 0 spiro atoms. The van der Waals surface area contributed by atoms with Crippen LogP contribution < -0.4 is 10.6 Å². The second-order valence-electron chi connectivity index (χ2n) is 4.05. The third-order valence-electron chi connectivity index (χ3n) is 2.58. The van der Waals surface area contributed by atoms with Crippen molar-refractivity contribution >= 4 is 61.9 Å². The predicted octanol–water partition coefficient (Wildman–Crippen LogP) is 4.40. The van der Waals surface area contributed by atoms with Gasteiger partial charge in [0.1, 0.15) is 0 Å². The van der Waals surface area contributed by atoms with Crippen LogP contribution >= 0.6 is 38.5 Å². The number of carboxylic acids is 1. The molecule has 0 saturated heterocycles. The predicted molar refractivity (Wildman–Crippen MR) is 92.9 cm³/mol. The van der Waals surface area contributed by atoms with Gasteiger partial charge in [0.2, 0.25) is 0 Å². The molecular weight excluding hydrogens is 451 g/mol. The van der Waals surface area contributed by atoms with Gasteiger partial charge < -0.3 is 15.7 Å². The van der Waals surface area contributed by atoms with Crippen LogP contribution in [0.25, 0.3) is 0 Å². The van der Waals surface area contributed by atoms with Gasteiger partial charge in [0.05, 0.1) is 11.3 Å². The molecule has 5 nitrogen and oxygen atoms in total. The molecule has 3 N–H and O–H groups in total. The van der Waals surface area contributed by atoms with Gasteiger partial charge in [-0.05, 0) is 74.9 Å². The molecule has 2 rings (SSSR count). The number of carbonyl (C=O) groups excluding carboxylic acids is 1. The Balaban J connectivity index is 2.16. The zero-order valence-corrected chi connectivity index (χ0v) is 14.3. The summed E-state index contributed by atoms with van der Waals surface area (Å²) in [7, 11) is 0. The Kier molecular flexibility index (Phi) is 5.18. The average molecular weight is 461 g/mol. The maximum atomic E-state index is 12.0. The van der Waals surface area contributed by atoms with Crippen molar-refractivity contribution in [3.8, 4) is 0 Å². The number of aromatic carboxylic acids is 1. The lowest BCUT2D eigenvalue weighted by molar-refractivity contribution is 0.0698. The standard InChI is InChI=1S/C14H10BrIN2O3/c15-11-3-1-2-10(13(19)20)12(11)18-14(21)17-9-6-4-8(16)5-7-9/h1-7H,(H,19,20)(H2,17,18,21). The molecule has 0 aliphatic rings. The normalized spacial score (nSPS) is 10.0. The third kappa shape index (κ3) is 4.18. The number of carboxylic acid groups (broad SMARTS) is 1. The fourth-order valence-electron chi connectivity index (χ4n) is 1.64. The maximum absolute atomic E-state index is 12.0. The highest BCUT2D eigenvalue weighted by Crippen LogP contribution is 2.26. The summed E-state index contributed by atoms with van der Waals surface area (Å²) in [6.07, 6.45) is 0. The van der Waals surface area contributed by atoms with E-state index >= 15 is 0 Å². The largest absolute Gasteiger partial charge is 0.478 e. The van der Waals surface area contributed by atoms with E-state index in [0.29, 0.717) is 10.2 Å². The Morgan fingerprint density at radius 3 is 2.33 bits per heavy atom. The molecule has 0 saturated carbocycles. The Bertz CT molecular complexity index is 689. The van der Waals surface area contributed by atoms with E-state index in [0.717, 1.165) is 3.57 Å². The minimum atomic E-state index is -1.11. The van der Waals surface area contributed by atoms with Gasteiger partial charge in [-0.25, -0.2) is 9.59 Å². The number of anilines is 2. The summed E-state index contributed by atoms with van der Waals surface area (Å²) in [5, 5.41) is 14.3. The van der Waals surface area contributed by atoms with Crippen LogP contribution in [-0.4, -0.2) is 17.1 Å². The van der Waals surface area contributed by atoms with Gasteiger partial charge in [-0.15, -0.1) is 0 Å². The summed E-state index contributed by atoms with van der Waals surface area (Å²) in [5.41, 5.74) is 0.854. The van der Waals surface area contributed by atoms with Crippen LogP contribution in [-0.2, 0) is 0 Å². The van der Waals surface area contributed by atoms with Crippen LogP contribution in [0.2, 0.25) is 0 Å². The highest BCUT2D eigenvalue weighted by Gasteiger charge is 2.15. The van der Waals surface area contributed by atoms with Gasteiger partial charge in [0.15, 0.2) is 0 Å². The summed E-state index contributed by atoms with van der Waals surface area (Å²) < 4.78 is 1.55. The van der Waals surface area contributed by atoms with E-state index < -0.39 is 12.0 Å². The van der Waals surface area contributed by atoms with Crippen LogP contribution in [0.5, 0.6) is 0 Å². The number of hydrogen-bond donors (Lipinski definition) is 3. The number of urea groups is 1. The molecule has 0 aliphatic heterocycles. The minimum Gasteiger partial charge on any atom is -0.478 e. The Morgan fingerprint density at radius 2 is 1.71 bits per heavy atom. The monoisotopic (exact) mass is 460 g/mol. The van der Waals surface area contributed by atoms with E-state index in [1.807, 2.05) is 12.1 Å². The molecule has 2 aromatic rings. The number of halogens is 2. The van der Waals surface area contributed by atoms with E-state index in [4.69, 9.17) is 5.11 Å². The van der Waals surface area contributed by atoms with Crippen molar-refractivity contribution in [3.05, 3.63) is 56.1 Å². The number of nitrogens with one attached hydrogen (secondary N) is 2. The number of benzene rings is 2. The molecule has 0 aliphatic carbocycles. The lowest BCUT2D eigenvalue weighted by Gasteiger charge is -2.11. The van der Waals surface area contributed by atoms with Crippen molar-refractivity contribution in [2.75, 3.05) is 10.6 Å². The molecule has 0 fully saturated rings. The number of rotatable bonds is 3. The van der Waals surface area contributed by atoms with Gasteiger partial charge in [0, 0.05) is 13.7 Å². The number of carbonyl (C=O) groups is 2. The number of amides is 2. The summed E-state index contributed by atoms with van der Waals surface area (Å²) >= 11 is 5.40. The van der Waals surface area contributed by atoms with Crippen LogP contribution in [0.1, 0.15) is 10.4 Å². The zero-order valence-electron chi connectivity index (χ0n) is 10.6. The maximum Gasteiger partial charge on any atom is 0.337 e. The van der Waals surface area contributed by atoms with Crippen molar-refractivity contribution < 1.29 is 14.7 Å². The Hall–Kier alpha value is -1.61. The summed E-state index contributed by atoms with van der Waals surface area (Å²) in [6.45, 7) is 0.